The zero-order chi connectivity index (χ0) is 15.3. The first-order valence-corrected chi connectivity index (χ1v) is 9.46. The van der Waals surface area contributed by atoms with Crippen molar-refractivity contribution in [2.24, 2.45) is 5.92 Å². The Labute approximate surface area is 125 Å². The SMILES string of the molecule is CS(=O)(=O)C1CCCC(C2(O)CCc3cc(F)ccc32)C1. The smallest absolute Gasteiger partial charge is 0.150 e. The van der Waals surface area contributed by atoms with Crippen LogP contribution in [0.25, 0.3) is 0 Å². The fourth-order valence-electron chi connectivity index (χ4n) is 4.04. The number of sulfone groups is 1. The van der Waals surface area contributed by atoms with Crippen molar-refractivity contribution in [2.75, 3.05) is 6.26 Å². The van der Waals surface area contributed by atoms with Crippen LogP contribution < -0.4 is 0 Å². The maximum atomic E-state index is 13.3. The lowest BCUT2D eigenvalue weighted by molar-refractivity contribution is -0.0363. The molecule has 0 heterocycles. The maximum Gasteiger partial charge on any atom is 0.150 e. The lowest BCUT2D eigenvalue weighted by Crippen LogP contribution is -2.39. The van der Waals surface area contributed by atoms with E-state index in [0.717, 1.165) is 24.0 Å². The van der Waals surface area contributed by atoms with Crippen LogP contribution in [0.15, 0.2) is 18.2 Å². The van der Waals surface area contributed by atoms with Crippen LogP contribution in [0.4, 0.5) is 4.39 Å². The van der Waals surface area contributed by atoms with Crippen molar-refractivity contribution >= 4 is 9.84 Å². The van der Waals surface area contributed by atoms with Crippen LogP contribution in [0.5, 0.6) is 0 Å². The Morgan fingerprint density at radius 1 is 1.33 bits per heavy atom. The number of aliphatic hydroxyl groups is 1. The van der Waals surface area contributed by atoms with Crippen LogP contribution in [0.3, 0.4) is 0 Å². The highest BCUT2D eigenvalue weighted by Crippen LogP contribution is 2.48. The van der Waals surface area contributed by atoms with Crippen LogP contribution >= 0.6 is 0 Å². The third kappa shape index (κ3) is 2.61. The minimum atomic E-state index is -3.07. The largest absolute Gasteiger partial charge is 0.385 e. The second-order valence-electron chi connectivity index (χ2n) is 6.54. The molecule has 0 saturated heterocycles. The van der Waals surface area contributed by atoms with Gasteiger partial charge in [0.05, 0.1) is 10.9 Å². The highest BCUT2D eigenvalue weighted by atomic mass is 32.2. The molecule has 5 heteroatoms. The molecule has 116 valence electrons. The van der Waals surface area contributed by atoms with Gasteiger partial charge in [-0.1, -0.05) is 12.5 Å². The first kappa shape index (κ1) is 15.0. The first-order chi connectivity index (χ1) is 9.80. The second-order valence-corrected chi connectivity index (χ2v) is 8.87. The summed E-state index contributed by atoms with van der Waals surface area (Å²) in [5.41, 5.74) is 0.661. The molecule has 0 spiro atoms. The minimum Gasteiger partial charge on any atom is -0.385 e. The molecule has 0 radical (unpaired) electrons. The van der Waals surface area contributed by atoms with Gasteiger partial charge in [-0.15, -0.1) is 0 Å². The van der Waals surface area contributed by atoms with Crippen LogP contribution in [0.2, 0.25) is 0 Å². The third-order valence-corrected chi connectivity index (χ3v) is 6.86. The number of halogens is 1. The summed E-state index contributed by atoms with van der Waals surface area (Å²) in [4.78, 5) is 0. The van der Waals surface area contributed by atoms with Crippen molar-refractivity contribution in [1.29, 1.82) is 0 Å². The summed E-state index contributed by atoms with van der Waals surface area (Å²) in [6.45, 7) is 0. The van der Waals surface area contributed by atoms with E-state index in [1.54, 1.807) is 6.07 Å². The van der Waals surface area contributed by atoms with Gasteiger partial charge in [-0.3, -0.25) is 0 Å². The molecule has 21 heavy (non-hydrogen) atoms. The summed E-state index contributed by atoms with van der Waals surface area (Å²) in [7, 11) is -3.07. The molecule has 0 bridgehead atoms. The van der Waals surface area contributed by atoms with Crippen LogP contribution in [0.1, 0.15) is 43.2 Å². The highest BCUT2D eigenvalue weighted by molar-refractivity contribution is 7.91. The van der Waals surface area contributed by atoms with Crippen molar-refractivity contribution in [3.05, 3.63) is 35.1 Å². The van der Waals surface area contributed by atoms with Crippen LogP contribution in [-0.4, -0.2) is 25.0 Å². The molecule has 1 saturated carbocycles. The fourth-order valence-corrected chi connectivity index (χ4v) is 5.22. The molecular weight excluding hydrogens is 291 g/mol. The maximum absolute atomic E-state index is 13.3. The van der Waals surface area contributed by atoms with Gasteiger partial charge in [-0.05, 0) is 61.3 Å². The number of benzene rings is 1. The van der Waals surface area contributed by atoms with Crippen molar-refractivity contribution in [3.8, 4) is 0 Å². The number of hydrogen-bond acceptors (Lipinski definition) is 3. The predicted molar refractivity (Wildman–Crippen MR) is 79.2 cm³/mol. The quantitative estimate of drug-likeness (QED) is 0.913. The molecule has 0 amide bonds. The lowest BCUT2D eigenvalue weighted by atomic mass is 9.74. The summed E-state index contributed by atoms with van der Waals surface area (Å²) in [5.74, 6) is -0.339. The fraction of sp³-hybridized carbons (Fsp3) is 0.625. The lowest BCUT2D eigenvalue weighted by Gasteiger charge is -2.38. The zero-order valence-corrected chi connectivity index (χ0v) is 13.0. The summed E-state index contributed by atoms with van der Waals surface area (Å²) in [6.07, 6.45) is 5.34. The number of fused-ring (bicyclic) bond motifs is 1. The van der Waals surface area contributed by atoms with Crippen molar-refractivity contribution in [1.82, 2.24) is 0 Å². The standard InChI is InChI=1S/C16H21FO3S/c1-21(19,20)14-4-2-3-12(10-14)16(18)8-7-11-9-13(17)5-6-15(11)16/h5-6,9,12,14,18H,2-4,7-8,10H2,1H3. The van der Waals surface area contributed by atoms with E-state index in [1.165, 1.54) is 18.4 Å². The van der Waals surface area contributed by atoms with E-state index in [4.69, 9.17) is 0 Å². The van der Waals surface area contributed by atoms with Crippen LogP contribution in [0, 0.1) is 11.7 Å². The normalized spacial score (nSPS) is 32.9. The minimum absolute atomic E-state index is 0.0577. The van der Waals surface area contributed by atoms with Gasteiger partial charge in [0.25, 0.3) is 0 Å². The Bertz CT molecular complexity index is 655. The molecule has 3 unspecified atom stereocenters. The van der Waals surface area contributed by atoms with E-state index in [1.807, 2.05) is 0 Å². The van der Waals surface area contributed by atoms with Gasteiger partial charge < -0.3 is 5.11 Å². The molecule has 3 rings (SSSR count). The predicted octanol–water partition coefficient (Wildman–Crippen LogP) is 2.56. The Morgan fingerprint density at radius 2 is 2.10 bits per heavy atom. The molecule has 2 aliphatic rings. The number of hydrogen-bond donors (Lipinski definition) is 1. The van der Waals surface area contributed by atoms with Gasteiger partial charge in [-0.2, -0.15) is 0 Å². The molecule has 2 aliphatic carbocycles. The van der Waals surface area contributed by atoms with Gasteiger partial charge >= 0.3 is 0 Å². The summed E-state index contributed by atoms with van der Waals surface area (Å²) in [5, 5.41) is 10.8. The average molecular weight is 312 g/mol. The third-order valence-electron chi connectivity index (χ3n) is 5.22. The molecule has 1 N–H and O–H groups in total. The molecule has 0 aromatic heterocycles. The summed E-state index contributed by atoms with van der Waals surface area (Å²) < 4.78 is 36.9. The van der Waals surface area contributed by atoms with Gasteiger partial charge in [-0.25, -0.2) is 12.8 Å². The monoisotopic (exact) mass is 312 g/mol. The molecule has 1 aromatic carbocycles. The topological polar surface area (TPSA) is 54.4 Å². The molecule has 1 aromatic rings. The van der Waals surface area contributed by atoms with E-state index in [2.05, 4.69) is 0 Å². The summed E-state index contributed by atoms with van der Waals surface area (Å²) >= 11 is 0. The Hall–Kier alpha value is -0.940. The van der Waals surface area contributed by atoms with Gasteiger partial charge in [0.15, 0.2) is 0 Å². The van der Waals surface area contributed by atoms with Crippen molar-refractivity contribution in [2.45, 2.75) is 49.4 Å². The Morgan fingerprint density at radius 3 is 2.81 bits per heavy atom. The van der Waals surface area contributed by atoms with E-state index >= 15 is 0 Å². The first-order valence-electron chi connectivity index (χ1n) is 7.51. The molecule has 3 nitrogen and oxygen atoms in total. The van der Waals surface area contributed by atoms with Crippen molar-refractivity contribution in [3.63, 3.8) is 0 Å². The Kier molecular flexibility index (Phi) is 3.61. The number of aryl methyl sites for hydroxylation is 1. The number of rotatable bonds is 2. The van der Waals surface area contributed by atoms with E-state index in [9.17, 15) is 17.9 Å². The van der Waals surface area contributed by atoms with Gasteiger partial charge in [0.2, 0.25) is 0 Å². The van der Waals surface area contributed by atoms with E-state index < -0.39 is 15.4 Å². The average Bonchev–Trinajstić information content (AvgIpc) is 2.76. The molecular formula is C16H21FO3S. The second kappa shape index (κ2) is 5.06. The van der Waals surface area contributed by atoms with Crippen LogP contribution in [-0.2, 0) is 21.9 Å². The van der Waals surface area contributed by atoms with Gasteiger partial charge in [0, 0.05) is 6.26 Å². The molecule has 0 aliphatic heterocycles. The highest BCUT2D eigenvalue weighted by Gasteiger charge is 2.46. The molecule has 3 atom stereocenters. The van der Waals surface area contributed by atoms with Gasteiger partial charge in [0.1, 0.15) is 15.7 Å². The van der Waals surface area contributed by atoms with E-state index in [-0.39, 0.29) is 17.0 Å². The molecule has 1 fully saturated rings. The van der Waals surface area contributed by atoms with Crippen molar-refractivity contribution < 1.29 is 17.9 Å². The Balaban J connectivity index is 1.91. The zero-order valence-electron chi connectivity index (χ0n) is 12.2. The summed E-state index contributed by atoms with van der Waals surface area (Å²) in [6, 6.07) is 4.54. The van der Waals surface area contributed by atoms with E-state index in [0.29, 0.717) is 25.7 Å².